The maximum atomic E-state index is 11.5. The molecule has 0 aliphatic rings. The summed E-state index contributed by atoms with van der Waals surface area (Å²) in [6.07, 6.45) is 1.71. The van der Waals surface area contributed by atoms with E-state index in [2.05, 4.69) is 29.1 Å². The van der Waals surface area contributed by atoms with Crippen molar-refractivity contribution in [3.63, 3.8) is 0 Å². The van der Waals surface area contributed by atoms with Gasteiger partial charge in [0.05, 0.1) is 0 Å². The monoisotopic (exact) mass is 267 g/mol. The van der Waals surface area contributed by atoms with Gasteiger partial charge in [-0.25, -0.2) is 4.98 Å². The Morgan fingerprint density at radius 3 is 2.74 bits per heavy atom. The van der Waals surface area contributed by atoms with Gasteiger partial charge in [0.15, 0.2) is 0 Å². The van der Waals surface area contributed by atoms with Gasteiger partial charge < -0.3 is 15.4 Å². The minimum absolute atomic E-state index is 0.0605. The molecule has 0 spiro atoms. The normalized spacial score (nSPS) is 11.9. The molecule has 1 heterocycles. The molecule has 0 saturated heterocycles. The molecule has 5 heteroatoms. The molecule has 3 N–H and O–H groups in total. The van der Waals surface area contributed by atoms with Crippen molar-refractivity contribution in [2.75, 3.05) is 18.5 Å². The summed E-state index contributed by atoms with van der Waals surface area (Å²) in [6, 6.07) is 1.48. The molecule has 108 valence electrons. The second-order valence-electron chi connectivity index (χ2n) is 6.02. The lowest BCUT2D eigenvalue weighted by Gasteiger charge is -2.25. The summed E-state index contributed by atoms with van der Waals surface area (Å²) >= 11 is 0. The largest absolute Gasteiger partial charge is 0.396 e. The summed E-state index contributed by atoms with van der Waals surface area (Å²) in [7, 11) is 0. The highest BCUT2D eigenvalue weighted by molar-refractivity contribution is 5.33. The highest BCUT2D eigenvalue weighted by Gasteiger charge is 2.17. The smallest absolute Gasteiger partial charge is 0.252 e. The fourth-order valence-corrected chi connectivity index (χ4v) is 1.82. The predicted molar refractivity (Wildman–Crippen MR) is 77.5 cm³/mol. The van der Waals surface area contributed by atoms with Crippen LogP contribution in [0.4, 0.5) is 5.82 Å². The van der Waals surface area contributed by atoms with Crippen LogP contribution in [0.3, 0.4) is 0 Å². The van der Waals surface area contributed by atoms with Crippen LogP contribution in [0, 0.1) is 5.41 Å². The van der Waals surface area contributed by atoms with Crippen LogP contribution >= 0.6 is 0 Å². The summed E-state index contributed by atoms with van der Waals surface area (Å²) in [5.74, 6) is 1.50. The van der Waals surface area contributed by atoms with Crippen molar-refractivity contribution in [2.45, 2.75) is 46.5 Å². The molecule has 0 saturated carbocycles. The van der Waals surface area contributed by atoms with E-state index in [4.69, 9.17) is 5.11 Å². The fourth-order valence-electron chi connectivity index (χ4n) is 1.82. The number of aliphatic hydroxyl groups is 1. The molecule has 1 aromatic heterocycles. The second-order valence-corrected chi connectivity index (χ2v) is 6.02. The van der Waals surface area contributed by atoms with Crippen molar-refractivity contribution in [1.82, 2.24) is 9.97 Å². The first-order valence-electron chi connectivity index (χ1n) is 6.80. The number of hydrogen-bond acceptors (Lipinski definition) is 4. The Morgan fingerprint density at radius 2 is 2.16 bits per heavy atom. The summed E-state index contributed by atoms with van der Waals surface area (Å²) < 4.78 is 0. The van der Waals surface area contributed by atoms with Crippen molar-refractivity contribution < 1.29 is 5.11 Å². The van der Waals surface area contributed by atoms with Gasteiger partial charge in [-0.05, 0) is 18.3 Å². The Kier molecular flexibility index (Phi) is 5.54. The molecule has 0 bridgehead atoms. The van der Waals surface area contributed by atoms with Gasteiger partial charge in [0.25, 0.3) is 5.56 Å². The van der Waals surface area contributed by atoms with E-state index in [1.165, 1.54) is 6.07 Å². The van der Waals surface area contributed by atoms with E-state index >= 15 is 0 Å². The maximum Gasteiger partial charge on any atom is 0.252 e. The van der Waals surface area contributed by atoms with Crippen molar-refractivity contribution in [3.8, 4) is 0 Å². The Bertz CT molecular complexity index is 452. The number of hydrogen-bond donors (Lipinski definition) is 3. The Morgan fingerprint density at radius 1 is 1.47 bits per heavy atom. The zero-order valence-corrected chi connectivity index (χ0v) is 12.3. The zero-order chi connectivity index (χ0) is 14.5. The van der Waals surface area contributed by atoms with Crippen LogP contribution in [-0.4, -0.2) is 28.2 Å². The van der Waals surface area contributed by atoms with Crippen LogP contribution < -0.4 is 10.9 Å². The van der Waals surface area contributed by atoms with E-state index in [1.807, 2.05) is 13.8 Å². The number of rotatable bonds is 7. The predicted octanol–water partition coefficient (Wildman–Crippen LogP) is 2.10. The van der Waals surface area contributed by atoms with Gasteiger partial charge in [-0.3, -0.25) is 4.79 Å². The van der Waals surface area contributed by atoms with Gasteiger partial charge in [0.2, 0.25) is 0 Å². The standard InChI is InChI=1S/C14H25N3O2/c1-10(2)13-16-11(8-12(19)17-13)15-9-14(3,4)6-5-7-18/h8,10,18H,5-7,9H2,1-4H3,(H2,15,16,17,19). The van der Waals surface area contributed by atoms with Crippen LogP contribution in [0.25, 0.3) is 0 Å². The van der Waals surface area contributed by atoms with Gasteiger partial charge in [-0.15, -0.1) is 0 Å². The molecule has 0 aromatic carbocycles. The quantitative estimate of drug-likeness (QED) is 0.707. The van der Waals surface area contributed by atoms with E-state index < -0.39 is 0 Å². The summed E-state index contributed by atoms with van der Waals surface area (Å²) in [6.45, 7) is 9.18. The fraction of sp³-hybridized carbons (Fsp3) is 0.714. The minimum atomic E-state index is -0.130. The van der Waals surface area contributed by atoms with Crippen LogP contribution in [0.1, 0.15) is 52.3 Å². The Hall–Kier alpha value is -1.36. The van der Waals surface area contributed by atoms with E-state index in [1.54, 1.807) is 0 Å². The number of nitrogens with zero attached hydrogens (tertiary/aromatic N) is 1. The van der Waals surface area contributed by atoms with E-state index in [-0.39, 0.29) is 23.5 Å². The van der Waals surface area contributed by atoms with Crippen molar-refractivity contribution >= 4 is 5.82 Å². The van der Waals surface area contributed by atoms with E-state index in [0.717, 1.165) is 19.4 Å². The molecule has 5 nitrogen and oxygen atoms in total. The van der Waals surface area contributed by atoms with Gasteiger partial charge in [0.1, 0.15) is 11.6 Å². The number of aliphatic hydroxyl groups excluding tert-OH is 1. The topological polar surface area (TPSA) is 78.0 Å². The molecule has 1 aromatic rings. The van der Waals surface area contributed by atoms with Gasteiger partial charge in [-0.2, -0.15) is 0 Å². The Labute approximate surface area is 114 Å². The van der Waals surface area contributed by atoms with Crippen LogP contribution in [0.5, 0.6) is 0 Å². The lowest BCUT2D eigenvalue weighted by atomic mass is 9.88. The molecule has 0 atom stereocenters. The Balaban J connectivity index is 2.69. The third-order valence-corrected chi connectivity index (χ3v) is 3.07. The SMILES string of the molecule is CC(C)c1nc(NCC(C)(C)CCCO)cc(=O)[nH]1. The summed E-state index contributed by atoms with van der Waals surface area (Å²) in [5.41, 5.74) is -0.0697. The average Bonchev–Trinajstić information content (AvgIpc) is 2.33. The van der Waals surface area contributed by atoms with Gasteiger partial charge in [-0.1, -0.05) is 27.7 Å². The molecule has 0 unspecified atom stereocenters. The third-order valence-electron chi connectivity index (χ3n) is 3.07. The number of H-pyrrole nitrogens is 1. The molecule has 0 amide bonds. The molecular weight excluding hydrogens is 242 g/mol. The molecule has 0 fully saturated rings. The molecular formula is C14H25N3O2. The van der Waals surface area contributed by atoms with Crippen molar-refractivity contribution in [2.24, 2.45) is 5.41 Å². The van der Waals surface area contributed by atoms with Crippen LogP contribution in [-0.2, 0) is 0 Å². The lowest BCUT2D eigenvalue weighted by molar-refractivity contribution is 0.248. The summed E-state index contributed by atoms with van der Waals surface area (Å²) in [5, 5.41) is 12.1. The number of nitrogens with one attached hydrogen (secondary N) is 2. The number of aromatic amines is 1. The zero-order valence-electron chi connectivity index (χ0n) is 12.3. The average molecular weight is 267 g/mol. The molecule has 0 radical (unpaired) electrons. The highest BCUT2D eigenvalue weighted by Crippen LogP contribution is 2.22. The van der Waals surface area contributed by atoms with Crippen LogP contribution in [0.2, 0.25) is 0 Å². The molecule has 0 aliphatic carbocycles. The second kappa shape index (κ2) is 6.70. The minimum Gasteiger partial charge on any atom is -0.396 e. The lowest BCUT2D eigenvalue weighted by Crippen LogP contribution is -2.25. The van der Waals surface area contributed by atoms with Gasteiger partial charge in [0, 0.05) is 25.1 Å². The molecule has 0 aliphatic heterocycles. The van der Waals surface area contributed by atoms with Crippen molar-refractivity contribution in [3.05, 3.63) is 22.2 Å². The summed E-state index contributed by atoms with van der Waals surface area (Å²) in [4.78, 5) is 18.7. The first-order valence-corrected chi connectivity index (χ1v) is 6.80. The molecule has 1 rings (SSSR count). The number of aromatic nitrogens is 2. The van der Waals surface area contributed by atoms with E-state index in [0.29, 0.717) is 11.6 Å². The first-order chi connectivity index (χ1) is 8.84. The maximum absolute atomic E-state index is 11.5. The highest BCUT2D eigenvalue weighted by atomic mass is 16.2. The van der Waals surface area contributed by atoms with Gasteiger partial charge >= 0.3 is 0 Å². The van der Waals surface area contributed by atoms with E-state index in [9.17, 15) is 4.79 Å². The number of anilines is 1. The molecule has 19 heavy (non-hydrogen) atoms. The van der Waals surface area contributed by atoms with Crippen molar-refractivity contribution in [1.29, 1.82) is 0 Å². The van der Waals surface area contributed by atoms with Crippen LogP contribution in [0.15, 0.2) is 10.9 Å². The first kappa shape index (κ1) is 15.7. The third kappa shape index (κ3) is 5.42.